The molecule has 0 radical (unpaired) electrons. The van der Waals surface area contributed by atoms with E-state index in [9.17, 15) is 0 Å². The van der Waals surface area contributed by atoms with Crippen molar-refractivity contribution in [1.29, 1.82) is 0 Å². The van der Waals surface area contributed by atoms with Gasteiger partial charge in [0.2, 0.25) is 0 Å². The Kier molecular flexibility index (Phi) is 1.14. The second-order valence-electron chi connectivity index (χ2n) is 3.15. The van der Waals surface area contributed by atoms with E-state index in [2.05, 4.69) is 15.9 Å². The zero-order valence-electron chi connectivity index (χ0n) is 4.94. The monoisotopic (exact) mass is 174 g/mol. The smallest absolute Gasteiger partial charge is 0.00624 e. The van der Waals surface area contributed by atoms with E-state index in [0.29, 0.717) is 0 Å². The van der Waals surface area contributed by atoms with Crippen molar-refractivity contribution in [3.63, 3.8) is 0 Å². The van der Waals surface area contributed by atoms with Gasteiger partial charge in [-0.2, -0.15) is 0 Å². The Morgan fingerprint density at radius 3 is 2.50 bits per heavy atom. The summed E-state index contributed by atoms with van der Waals surface area (Å²) < 4.78 is 0. The standard InChI is InChI=1S/C7H11Br/c8-4-6-2-1-5-3-7(5)6/h5-7H,1-4H2/t5-,6+,7+/m1/s1. The molecule has 0 aliphatic heterocycles. The minimum Gasteiger partial charge on any atom is -0.0925 e. The molecule has 2 rings (SSSR count). The lowest BCUT2D eigenvalue weighted by Crippen LogP contribution is -1.98. The Morgan fingerprint density at radius 2 is 2.25 bits per heavy atom. The summed E-state index contributed by atoms with van der Waals surface area (Å²) in [5.41, 5.74) is 0. The number of rotatable bonds is 1. The van der Waals surface area contributed by atoms with Gasteiger partial charge in [0.1, 0.15) is 0 Å². The highest BCUT2D eigenvalue weighted by Crippen LogP contribution is 2.55. The second-order valence-corrected chi connectivity index (χ2v) is 3.80. The molecule has 0 amide bonds. The van der Waals surface area contributed by atoms with Gasteiger partial charge in [-0.25, -0.2) is 0 Å². The summed E-state index contributed by atoms with van der Waals surface area (Å²) in [6.45, 7) is 0. The van der Waals surface area contributed by atoms with Crippen LogP contribution in [0.5, 0.6) is 0 Å². The Morgan fingerprint density at radius 1 is 1.38 bits per heavy atom. The maximum absolute atomic E-state index is 3.54. The van der Waals surface area contributed by atoms with Crippen LogP contribution in [0.3, 0.4) is 0 Å². The van der Waals surface area contributed by atoms with Crippen LogP contribution in [-0.4, -0.2) is 5.33 Å². The molecule has 0 aromatic rings. The van der Waals surface area contributed by atoms with E-state index in [1.54, 1.807) is 6.42 Å². The molecule has 0 saturated heterocycles. The lowest BCUT2D eigenvalue weighted by molar-refractivity contribution is 0.543. The molecule has 1 heteroatoms. The molecule has 0 aromatic carbocycles. The van der Waals surface area contributed by atoms with Crippen molar-refractivity contribution in [1.82, 2.24) is 0 Å². The number of hydrogen-bond acceptors (Lipinski definition) is 0. The van der Waals surface area contributed by atoms with Crippen LogP contribution in [0.2, 0.25) is 0 Å². The van der Waals surface area contributed by atoms with Gasteiger partial charge >= 0.3 is 0 Å². The van der Waals surface area contributed by atoms with Crippen molar-refractivity contribution >= 4 is 15.9 Å². The molecular weight excluding hydrogens is 164 g/mol. The molecule has 8 heavy (non-hydrogen) atoms. The Hall–Kier alpha value is 0.480. The summed E-state index contributed by atoms with van der Waals surface area (Å²) in [5.74, 6) is 3.37. The molecule has 2 saturated carbocycles. The van der Waals surface area contributed by atoms with Crippen LogP contribution in [-0.2, 0) is 0 Å². The van der Waals surface area contributed by atoms with E-state index in [4.69, 9.17) is 0 Å². The molecule has 2 fully saturated rings. The van der Waals surface area contributed by atoms with Gasteiger partial charge in [-0.3, -0.25) is 0 Å². The summed E-state index contributed by atoms with van der Waals surface area (Å²) >= 11 is 3.54. The molecule has 0 aromatic heterocycles. The Balaban J connectivity index is 1.97. The van der Waals surface area contributed by atoms with Crippen LogP contribution in [0.25, 0.3) is 0 Å². The third-order valence-electron chi connectivity index (χ3n) is 2.69. The zero-order valence-corrected chi connectivity index (χ0v) is 6.52. The first-order valence-corrected chi connectivity index (χ1v) is 4.60. The van der Waals surface area contributed by atoms with Crippen LogP contribution in [0.1, 0.15) is 19.3 Å². The van der Waals surface area contributed by atoms with Crippen LogP contribution in [0.15, 0.2) is 0 Å². The molecule has 2 aliphatic carbocycles. The summed E-state index contributed by atoms with van der Waals surface area (Å²) in [4.78, 5) is 0. The van der Waals surface area contributed by atoms with Crippen molar-refractivity contribution < 1.29 is 0 Å². The zero-order chi connectivity index (χ0) is 5.56. The average Bonchev–Trinajstić information content (AvgIpc) is 2.46. The van der Waals surface area contributed by atoms with Crippen LogP contribution < -0.4 is 0 Å². The highest BCUT2D eigenvalue weighted by molar-refractivity contribution is 9.09. The second kappa shape index (κ2) is 1.73. The molecule has 0 unspecified atom stereocenters. The third-order valence-corrected chi connectivity index (χ3v) is 3.52. The summed E-state index contributed by atoms with van der Waals surface area (Å²) in [6.07, 6.45) is 4.58. The minimum absolute atomic E-state index is 1.06. The van der Waals surface area contributed by atoms with Crippen molar-refractivity contribution in [2.75, 3.05) is 5.33 Å². The number of hydrogen-bond donors (Lipinski definition) is 0. The van der Waals surface area contributed by atoms with Crippen molar-refractivity contribution in [3.05, 3.63) is 0 Å². The minimum atomic E-state index is 1.06. The van der Waals surface area contributed by atoms with Gasteiger partial charge in [0, 0.05) is 5.33 Å². The highest BCUT2D eigenvalue weighted by atomic mass is 79.9. The largest absolute Gasteiger partial charge is 0.0925 e. The van der Waals surface area contributed by atoms with E-state index < -0.39 is 0 Å². The summed E-state index contributed by atoms with van der Waals surface area (Å²) in [5, 5.41) is 1.26. The Labute approximate surface area is 58.8 Å². The fourth-order valence-electron chi connectivity index (χ4n) is 2.01. The SMILES string of the molecule is BrC[C@@H]1CC[C@@H]2C[C@H]12. The first-order chi connectivity index (χ1) is 3.92. The Bertz CT molecular complexity index is 101. The van der Waals surface area contributed by atoms with E-state index in [1.807, 2.05) is 0 Å². The van der Waals surface area contributed by atoms with E-state index in [-0.39, 0.29) is 0 Å². The van der Waals surface area contributed by atoms with E-state index in [1.165, 1.54) is 18.2 Å². The molecule has 0 heterocycles. The van der Waals surface area contributed by atoms with Crippen LogP contribution in [0, 0.1) is 17.8 Å². The van der Waals surface area contributed by atoms with Crippen LogP contribution >= 0.6 is 15.9 Å². The first-order valence-electron chi connectivity index (χ1n) is 3.48. The number of fused-ring (bicyclic) bond motifs is 1. The molecule has 3 atom stereocenters. The number of halogens is 1. The molecule has 0 nitrogen and oxygen atoms in total. The maximum Gasteiger partial charge on any atom is 0.00624 e. The van der Waals surface area contributed by atoms with E-state index >= 15 is 0 Å². The fraction of sp³-hybridized carbons (Fsp3) is 1.00. The lowest BCUT2D eigenvalue weighted by Gasteiger charge is -2.03. The van der Waals surface area contributed by atoms with Gasteiger partial charge in [0.15, 0.2) is 0 Å². The van der Waals surface area contributed by atoms with Crippen LogP contribution in [0.4, 0.5) is 0 Å². The van der Waals surface area contributed by atoms with Gasteiger partial charge in [-0.05, 0) is 37.0 Å². The molecule has 0 N–H and O–H groups in total. The molecule has 46 valence electrons. The van der Waals surface area contributed by atoms with Gasteiger partial charge in [-0.15, -0.1) is 0 Å². The summed E-state index contributed by atoms with van der Waals surface area (Å²) in [6, 6.07) is 0. The predicted octanol–water partition coefficient (Wildman–Crippen LogP) is 2.43. The lowest BCUT2D eigenvalue weighted by atomic mass is 10.1. The molecule has 2 aliphatic rings. The van der Waals surface area contributed by atoms with Crippen molar-refractivity contribution in [2.45, 2.75) is 19.3 Å². The quantitative estimate of drug-likeness (QED) is 0.537. The van der Waals surface area contributed by atoms with Gasteiger partial charge < -0.3 is 0 Å². The van der Waals surface area contributed by atoms with Crippen molar-refractivity contribution in [2.24, 2.45) is 17.8 Å². The molecule has 0 bridgehead atoms. The topological polar surface area (TPSA) is 0 Å². The van der Waals surface area contributed by atoms with Crippen molar-refractivity contribution in [3.8, 4) is 0 Å². The molecular formula is C7H11Br. The predicted molar refractivity (Wildman–Crippen MR) is 38.1 cm³/mol. The normalized spacial score (nSPS) is 51.4. The fourth-order valence-corrected chi connectivity index (χ4v) is 2.82. The first kappa shape index (κ1) is 5.28. The third kappa shape index (κ3) is 0.637. The molecule has 0 spiro atoms. The maximum atomic E-state index is 3.54. The highest BCUT2D eigenvalue weighted by Gasteiger charge is 2.46. The summed E-state index contributed by atoms with van der Waals surface area (Å²) in [7, 11) is 0. The number of alkyl halides is 1. The van der Waals surface area contributed by atoms with Gasteiger partial charge in [0.05, 0.1) is 0 Å². The van der Waals surface area contributed by atoms with Gasteiger partial charge in [-0.1, -0.05) is 15.9 Å². The van der Waals surface area contributed by atoms with E-state index in [0.717, 1.165) is 17.8 Å². The average molecular weight is 175 g/mol. The van der Waals surface area contributed by atoms with Gasteiger partial charge in [0.25, 0.3) is 0 Å².